The fourth-order valence-corrected chi connectivity index (χ4v) is 1.80. The predicted octanol–water partition coefficient (Wildman–Crippen LogP) is -2.45. The highest BCUT2D eigenvalue weighted by Crippen LogP contribution is 2.19. The number of rotatable bonds is 4. The van der Waals surface area contributed by atoms with E-state index in [-0.39, 0.29) is 11.7 Å². The largest absolute Gasteiger partial charge is 0.478 e. The minimum atomic E-state index is -1.86. The minimum absolute atomic E-state index is 0.203. The summed E-state index contributed by atoms with van der Waals surface area (Å²) in [4.78, 5) is 23.0. The van der Waals surface area contributed by atoms with E-state index in [9.17, 15) is 9.59 Å². The van der Waals surface area contributed by atoms with Crippen LogP contribution in [-0.2, 0) is 14.3 Å². The van der Waals surface area contributed by atoms with Gasteiger partial charge in [-0.15, -0.1) is 0 Å². The first-order valence-electron chi connectivity index (χ1n) is 5.91. The molecule has 0 unspecified atom stereocenters. The summed E-state index contributed by atoms with van der Waals surface area (Å²) >= 11 is 0. The quantitative estimate of drug-likeness (QED) is 0.361. The fraction of sp³-hybridized carbons (Fsp3) is 0.636. The van der Waals surface area contributed by atoms with E-state index in [1.165, 1.54) is 13.0 Å². The zero-order chi connectivity index (χ0) is 14.6. The molecule has 1 aliphatic heterocycles. The Labute approximate surface area is 110 Å². The third kappa shape index (κ3) is 3.91. The molecule has 0 radical (unpaired) electrons. The lowest BCUT2D eigenvalue weighted by molar-refractivity contribution is -0.139. The maximum atomic E-state index is 11.9. The van der Waals surface area contributed by atoms with E-state index < -0.39 is 30.4 Å². The van der Waals surface area contributed by atoms with Gasteiger partial charge >= 0.3 is 0 Å². The van der Waals surface area contributed by atoms with Crippen LogP contribution in [0.2, 0.25) is 0 Å². The topological polar surface area (TPSA) is 134 Å². The molecule has 0 aromatic rings. The van der Waals surface area contributed by atoms with Gasteiger partial charge in [-0.25, -0.2) is 0 Å². The van der Waals surface area contributed by atoms with Crippen LogP contribution in [0.4, 0.5) is 0 Å². The highest BCUT2D eigenvalue weighted by Gasteiger charge is 2.39. The van der Waals surface area contributed by atoms with Crippen molar-refractivity contribution < 1.29 is 24.5 Å². The molecule has 2 amide bonds. The van der Waals surface area contributed by atoms with Crippen molar-refractivity contribution in [3.63, 3.8) is 0 Å². The van der Waals surface area contributed by atoms with E-state index >= 15 is 0 Å². The minimum Gasteiger partial charge on any atom is -0.478 e. The number of nitrogens with two attached hydrogens (primary N) is 1. The van der Waals surface area contributed by atoms with Crippen molar-refractivity contribution in [2.24, 2.45) is 5.73 Å². The van der Waals surface area contributed by atoms with E-state index in [0.29, 0.717) is 6.54 Å². The number of amides is 2. The number of hydrogen-bond donors (Lipinski definition) is 5. The van der Waals surface area contributed by atoms with Crippen molar-refractivity contribution in [3.8, 4) is 0 Å². The number of carbonyl (C=O) groups excluding carboxylic acids is 2. The molecule has 6 N–H and O–H groups in total. The van der Waals surface area contributed by atoms with Gasteiger partial charge in [0, 0.05) is 13.5 Å². The normalized spacial score (nSPS) is 26.4. The summed E-state index contributed by atoms with van der Waals surface area (Å²) in [5.41, 5.74) is 5.81. The van der Waals surface area contributed by atoms with Crippen molar-refractivity contribution in [2.75, 3.05) is 6.54 Å². The first-order valence-corrected chi connectivity index (χ1v) is 5.91. The van der Waals surface area contributed by atoms with Gasteiger partial charge in [0.15, 0.2) is 11.9 Å². The lowest BCUT2D eigenvalue weighted by atomic mass is 9.98. The van der Waals surface area contributed by atoms with Crippen molar-refractivity contribution in [1.82, 2.24) is 10.6 Å². The molecule has 1 aliphatic rings. The molecule has 0 saturated heterocycles. The maximum absolute atomic E-state index is 11.9. The Balaban J connectivity index is 2.96. The van der Waals surface area contributed by atoms with Gasteiger partial charge in [-0.2, -0.15) is 0 Å². The zero-order valence-electron chi connectivity index (χ0n) is 10.8. The standard InChI is InChI=1S/C11H19N3O5/c1-3-13-10(16)9-8(14-5(2)15)6(12)4-7(19-9)11(17)18/h4,6,8-9,11,17-18H,3,12H2,1-2H3,(H,13,16)(H,14,15)/t6-,8+,9+/m0/s1. The number of aliphatic hydroxyl groups excluding tert-OH is 1. The molecule has 0 fully saturated rings. The van der Waals surface area contributed by atoms with Gasteiger partial charge in [-0.1, -0.05) is 0 Å². The molecule has 3 atom stereocenters. The van der Waals surface area contributed by atoms with Crippen LogP contribution in [0.1, 0.15) is 13.8 Å². The monoisotopic (exact) mass is 273 g/mol. The molecule has 8 nitrogen and oxygen atoms in total. The van der Waals surface area contributed by atoms with Gasteiger partial charge in [0.05, 0.1) is 12.1 Å². The molecule has 108 valence electrons. The highest BCUT2D eigenvalue weighted by molar-refractivity contribution is 5.83. The Morgan fingerprint density at radius 1 is 1.53 bits per heavy atom. The summed E-state index contributed by atoms with van der Waals surface area (Å²) in [6, 6.07) is -1.53. The molecule has 0 aromatic carbocycles. The molecule has 0 spiro atoms. The fourth-order valence-electron chi connectivity index (χ4n) is 1.80. The molecule has 0 aromatic heterocycles. The zero-order valence-corrected chi connectivity index (χ0v) is 10.8. The van der Waals surface area contributed by atoms with Crippen LogP contribution in [0.25, 0.3) is 0 Å². The summed E-state index contributed by atoms with van der Waals surface area (Å²) in [7, 11) is 0. The van der Waals surface area contributed by atoms with Crippen molar-refractivity contribution in [1.29, 1.82) is 0 Å². The first-order chi connectivity index (χ1) is 8.86. The van der Waals surface area contributed by atoms with Crippen LogP contribution >= 0.6 is 0 Å². The molecule has 0 aliphatic carbocycles. The smallest absolute Gasteiger partial charge is 0.263 e. The maximum Gasteiger partial charge on any atom is 0.263 e. The molecular weight excluding hydrogens is 254 g/mol. The molecule has 1 heterocycles. The summed E-state index contributed by atoms with van der Waals surface area (Å²) in [6.45, 7) is 3.40. The molecule has 0 saturated carbocycles. The van der Waals surface area contributed by atoms with E-state index in [1.807, 2.05) is 0 Å². The molecule has 1 rings (SSSR count). The number of hydrogen-bond acceptors (Lipinski definition) is 6. The average Bonchev–Trinajstić information content (AvgIpc) is 2.30. The van der Waals surface area contributed by atoms with Crippen LogP contribution in [0.5, 0.6) is 0 Å². The van der Waals surface area contributed by atoms with Crippen molar-refractivity contribution in [3.05, 3.63) is 11.8 Å². The lowest BCUT2D eigenvalue weighted by Crippen LogP contribution is -2.61. The number of likely N-dealkylation sites (N-methyl/N-ethyl adjacent to an activating group) is 1. The summed E-state index contributed by atoms with van der Waals surface area (Å²) < 4.78 is 5.20. The summed E-state index contributed by atoms with van der Waals surface area (Å²) in [5.74, 6) is -1.05. The highest BCUT2D eigenvalue weighted by atomic mass is 16.6. The number of aliphatic hydroxyl groups is 2. The number of carbonyl (C=O) groups is 2. The van der Waals surface area contributed by atoms with Crippen molar-refractivity contribution in [2.45, 2.75) is 38.3 Å². The summed E-state index contributed by atoms with van der Waals surface area (Å²) in [6.07, 6.45) is -1.71. The molecule has 19 heavy (non-hydrogen) atoms. The Bertz CT molecular complexity index is 383. The second-order valence-electron chi connectivity index (χ2n) is 4.18. The van der Waals surface area contributed by atoms with Crippen LogP contribution in [-0.4, -0.2) is 53.0 Å². The van der Waals surface area contributed by atoms with E-state index in [4.69, 9.17) is 20.7 Å². The third-order valence-electron chi connectivity index (χ3n) is 2.59. The van der Waals surface area contributed by atoms with Gasteiger partial charge in [0.1, 0.15) is 0 Å². The van der Waals surface area contributed by atoms with Crippen LogP contribution in [0.3, 0.4) is 0 Å². The second-order valence-corrected chi connectivity index (χ2v) is 4.18. The van der Waals surface area contributed by atoms with Gasteiger partial charge < -0.3 is 31.3 Å². The van der Waals surface area contributed by atoms with Gasteiger partial charge in [0.25, 0.3) is 5.91 Å². The van der Waals surface area contributed by atoms with E-state index in [2.05, 4.69) is 10.6 Å². The van der Waals surface area contributed by atoms with Gasteiger partial charge in [-0.05, 0) is 13.0 Å². The Hall–Kier alpha value is -1.64. The van der Waals surface area contributed by atoms with Crippen LogP contribution < -0.4 is 16.4 Å². The predicted molar refractivity (Wildman–Crippen MR) is 65.4 cm³/mol. The van der Waals surface area contributed by atoms with Gasteiger partial charge in [0.2, 0.25) is 12.2 Å². The van der Waals surface area contributed by atoms with Gasteiger partial charge in [-0.3, -0.25) is 9.59 Å². The van der Waals surface area contributed by atoms with Crippen LogP contribution in [0.15, 0.2) is 11.8 Å². The second kappa shape index (κ2) is 6.50. The molecule has 8 heteroatoms. The SMILES string of the molecule is CCNC(=O)[C@@H]1OC(C(O)O)=C[C@H](N)[C@H]1NC(C)=O. The Morgan fingerprint density at radius 3 is 2.63 bits per heavy atom. The Kier molecular flexibility index (Phi) is 5.28. The lowest BCUT2D eigenvalue weighted by Gasteiger charge is -2.35. The Morgan fingerprint density at radius 2 is 2.16 bits per heavy atom. The van der Waals surface area contributed by atoms with E-state index in [0.717, 1.165) is 0 Å². The summed E-state index contributed by atoms with van der Waals surface area (Å²) in [5, 5.41) is 23.2. The molecular formula is C11H19N3O5. The molecule has 0 bridgehead atoms. The average molecular weight is 273 g/mol. The van der Waals surface area contributed by atoms with E-state index in [1.54, 1.807) is 6.92 Å². The third-order valence-corrected chi connectivity index (χ3v) is 2.59. The number of ether oxygens (including phenoxy) is 1. The first kappa shape index (κ1) is 15.4. The van der Waals surface area contributed by atoms with Crippen LogP contribution in [0, 0.1) is 0 Å². The number of nitrogens with one attached hydrogen (secondary N) is 2. The van der Waals surface area contributed by atoms with Crippen molar-refractivity contribution >= 4 is 11.8 Å².